The Morgan fingerprint density at radius 1 is 0.588 bits per heavy atom. The zero-order valence-electron chi connectivity index (χ0n) is 42.7. The van der Waals surface area contributed by atoms with Crippen LogP contribution in [0.1, 0.15) is 201 Å². The van der Waals surface area contributed by atoms with Crippen molar-refractivity contribution in [3.05, 3.63) is 85.1 Å². The first kappa shape index (κ1) is 62.9. The molecule has 1 heterocycles. The molecule has 0 spiro atoms. The predicted octanol–water partition coefficient (Wildman–Crippen LogP) is 11.4. The van der Waals surface area contributed by atoms with E-state index in [0.717, 1.165) is 89.9 Å². The third kappa shape index (κ3) is 33.4. The van der Waals surface area contributed by atoms with E-state index in [-0.39, 0.29) is 19.4 Å². The van der Waals surface area contributed by atoms with Gasteiger partial charge in [-0.25, -0.2) is 0 Å². The smallest absolute Gasteiger partial charge is 0.306 e. The normalized spacial score (nSPS) is 20.6. The van der Waals surface area contributed by atoms with Crippen molar-refractivity contribution in [1.82, 2.24) is 5.32 Å². The monoisotopic (exact) mass is 956 g/mol. The molecule has 1 saturated heterocycles. The average molecular weight is 956 g/mol. The van der Waals surface area contributed by atoms with Gasteiger partial charge in [0.1, 0.15) is 24.4 Å². The number of allylic oxidation sites excluding steroid dienone is 13. The number of hydrogen-bond acceptors (Lipinski definition) is 10. The molecule has 0 aromatic carbocycles. The van der Waals surface area contributed by atoms with Crippen LogP contribution in [0.15, 0.2) is 85.1 Å². The number of esters is 1. The molecular formula is C57H97NO10. The van der Waals surface area contributed by atoms with Crippen LogP contribution in [-0.4, -0.2) is 99.6 Å². The Morgan fingerprint density at radius 2 is 1.06 bits per heavy atom. The van der Waals surface area contributed by atoms with Crippen molar-refractivity contribution in [2.45, 2.75) is 250 Å². The predicted molar refractivity (Wildman–Crippen MR) is 278 cm³/mol. The van der Waals surface area contributed by atoms with E-state index in [2.05, 4.69) is 62.5 Å². The number of unbranched alkanes of at least 4 members (excludes halogenated alkanes) is 21. The lowest BCUT2D eigenvalue weighted by molar-refractivity contribution is -0.305. The molecule has 390 valence electrons. The van der Waals surface area contributed by atoms with Crippen molar-refractivity contribution in [2.24, 2.45) is 0 Å². The van der Waals surface area contributed by atoms with Gasteiger partial charge < -0.3 is 45.1 Å². The highest BCUT2D eigenvalue weighted by molar-refractivity contribution is 5.80. The summed E-state index contributed by atoms with van der Waals surface area (Å²) in [5, 5.41) is 56.6. The molecule has 8 unspecified atom stereocenters. The van der Waals surface area contributed by atoms with Crippen molar-refractivity contribution >= 4 is 11.9 Å². The first-order chi connectivity index (χ1) is 33.2. The summed E-state index contributed by atoms with van der Waals surface area (Å²) in [6, 6.07) is -1.04. The maximum absolute atomic E-state index is 13.3. The van der Waals surface area contributed by atoms with Crippen LogP contribution in [0.3, 0.4) is 0 Å². The van der Waals surface area contributed by atoms with Crippen molar-refractivity contribution in [2.75, 3.05) is 13.2 Å². The third-order valence-corrected chi connectivity index (χ3v) is 12.2. The summed E-state index contributed by atoms with van der Waals surface area (Å²) in [4.78, 5) is 26.4. The number of aliphatic hydroxyl groups excluding tert-OH is 5. The second-order valence-electron chi connectivity index (χ2n) is 18.3. The van der Waals surface area contributed by atoms with E-state index in [0.29, 0.717) is 12.8 Å². The zero-order chi connectivity index (χ0) is 49.7. The van der Waals surface area contributed by atoms with Gasteiger partial charge in [0.05, 0.1) is 25.4 Å². The lowest BCUT2D eigenvalue weighted by atomic mass is 9.99. The molecule has 1 aliphatic rings. The largest absolute Gasteiger partial charge is 0.454 e. The first-order valence-electron chi connectivity index (χ1n) is 26.9. The van der Waals surface area contributed by atoms with Crippen LogP contribution >= 0.6 is 0 Å². The highest BCUT2D eigenvalue weighted by Gasteiger charge is 2.47. The van der Waals surface area contributed by atoms with Gasteiger partial charge in [0.2, 0.25) is 5.91 Å². The standard InChI is InChI=1S/C57H97NO10/c1-4-7-10-13-16-19-22-25-27-29-32-35-38-41-44-50(61)56(65)58-48(49(60)43-40-37-34-31-28-24-21-18-15-12-9-6-3)47-66-57-55(54(64)53(63)51(46-59)67-57)68-52(62)45-42-39-36-33-30-26-23-20-17-14-11-8-5-2/h8,11,14,16-17,19-20,22-23,25-26,30,40,43,48-51,53-55,57,59-61,63-64H,4-7,9-10,12-13,15,18,21,24,27-29,31-39,41-42,44-47H2,1-3H3,(H,58,65)/b11-8+,17-14+,19-16+,23-20-,25-22+,30-26-,43-40+. The van der Waals surface area contributed by atoms with Crippen LogP contribution < -0.4 is 5.32 Å². The minimum Gasteiger partial charge on any atom is -0.454 e. The lowest BCUT2D eigenvalue weighted by Crippen LogP contribution is -2.61. The summed E-state index contributed by atoms with van der Waals surface area (Å²) >= 11 is 0. The molecular weight excluding hydrogens is 859 g/mol. The van der Waals surface area contributed by atoms with Gasteiger partial charge in [-0.1, -0.05) is 209 Å². The molecule has 11 heteroatoms. The second kappa shape index (κ2) is 45.0. The Kier molecular flexibility index (Phi) is 41.6. The third-order valence-electron chi connectivity index (χ3n) is 12.2. The second-order valence-corrected chi connectivity index (χ2v) is 18.3. The van der Waals surface area contributed by atoms with Gasteiger partial charge in [-0.15, -0.1) is 0 Å². The Labute approximate surface area is 413 Å². The summed E-state index contributed by atoms with van der Waals surface area (Å²) < 4.78 is 17.5. The first-order valence-corrected chi connectivity index (χ1v) is 26.9. The van der Waals surface area contributed by atoms with Crippen molar-refractivity contribution < 1.29 is 49.3 Å². The number of ether oxygens (including phenoxy) is 3. The Balaban J connectivity index is 2.81. The zero-order valence-corrected chi connectivity index (χ0v) is 42.7. The van der Waals surface area contributed by atoms with E-state index in [1.165, 1.54) is 64.2 Å². The minimum atomic E-state index is -1.63. The van der Waals surface area contributed by atoms with Gasteiger partial charge in [-0.3, -0.25) is 9.59 Å². The van der Waals surface area contributed by atoms with E-state index in [1.807, 2.05) is 42.5 Å². The molecule has 0 bridgehead atoms. The molecule has 1 fully saturated rings. The fourth-order valence-electron chi connectivity index (χ4n) is 7.83. The van der Waals surface area contributed by atoms with Gasteiger partial charge in [0, 0.05) is 6.42 Å². The topological polar surface area (TPSA) is 175 Å². The van der Waals surface area contributed by atoms with E-state index in [1.54, 1.807) is 6.08 Å². The molecule has 1 rings (SSSR count). The maximum atomic E-state index is 13.3. The van der Waals surface area contributed by atoms with Crippen LogP contribution in [0, 0.1) is 0 Å². The van der Waals surface area contributed by atoms with Gasteiger partial charge in [-0.05, 0) is 70.6 Å². The number of aliphatic hydroxyl groups is 5. The van der Waals surface area contributed by atoms with Crippen molar-refractivity contribution in [3.63, 3.8) is 0 Å². The number of carbonyl (C=O) groups is 2. The van der Waals surface area contributed by atoms with E-state index < -0.39 is 67.4 Å². The van der Waals surface area contributed by atoms with Gasteiger partial charge in [0.25, 0.3) is 0 Å². The molecule has 11 nitrogen and oxygen atoms in total. The lowest BCUT2D eigenvalue weighted by Gasteiger charge is -2.41. The highest BCUT2D eigenvalue weighted by atomic mass is 16.7. The number of hydrogen-bond donors (Lipinski definition) is 6. The highest BCUT2D eigenvalue weighted by Crippen LogP contribution is 2.26. The molecule has 0 radical (unpaired) electrons. The summed E-state index contributed by atoms with van der Waals surface area (Å²) in [5.41, 5.74) is 0. The molecule has 1 aliphatic heterocycles. The molecule has 0 aliphatic carbocycles. The van der Waals surface area contributed by atoms with Gasteiger partial charge >= 0.3 is 5.97 Å². The molecule has 68 heavy (non-hydrogen) atoms. The summed E-state index contributed by atoms with van der Waals surface area (Å²) in [7, 11) is 0. The summed E-state index contributed by atoms with van der Waals surface area (Å²) in [6.07, 6.45) is 46.3. The number of nitrogens with one attached hydrogen (secondary N) is 1. The summed E-state index contributed by atoms with van der Waals surface area (Å²) in [5.74, 6) is -1.26. The van der Waals surface area contributed by atoms with Gasteiger partial charge in [-0.2, -0.15) is 0 Å². The molecule has 8 atom stereocenters. The fraction of sp³-hybridized carbons (Fsp3) is 0.719. The van der Waals surface area contributed by atoms with Crippen molar-refractivity contribution in [1.29, 1.82) is 0 Å². The van der Waals surface area contributed by atoms with Crippen LogP contribution in [0.4, 0.5) is 0 Å². The van der Waals surface area contributed by atoms with Crippen LogP contribution in [0.25, 0.3) is 0 Å². The Bertz CT molecular complexity index is 1420. The van der Waals surface area contributed by atoms with E-state index >= 15 is 0 Å². The number of carbonyl (C=O) groups excluding carboxylic acids is 2. The number of amides is 1. The number of rotatable bonds is 43. The molecule has 1 amide bonds. The summed E-state index contributed by atoms with van der Waals surface area (Å²) in [6.45, 7) is 5.54. The molecule has 0 aromatic rings. The maximum Gasteiger partial charge on any atom is 0.306 e. The average Bonchev–Trinajstić information content (AvgIpc) is 3.33. The van der Waals surface area contributed by atoms with E-state index in [4.69, 9.17) is 14.2 Å². The Morgan fingerprint density at radius 3 is 1.63 bits per heavy atom. The van der Waals surface area contributed by atoms with Crippen LogP contribution in [0.2, 0.25) is 0 Å². The Hall–Kier alpha value is -3.16. The van der Waals surface area contributed by atoms with Crippen molar-refractivity contribution in [3.8, 4) is 0 Å². The van der Waals surface area contributed by atoms with Gasteiger partial charge in [0.15, 0.2) is 12.4 Å². The minimum absolute atomic E-state index is 0.0722. The quantitative estimate of drug-likeness (QED) is 0.0149. The molecule has 6 N–H and O–H groups in total. The van der Waals surface area contributed by atoms with Crippen LogP contribution in [-0.2, 0) is 23.8 Å². The fourth-order valence-corrected chi connectivity index (χ4v) is 7.83. The SMILES string of the molecule is CC/C=C/C=C/C=C\C=C/CCCCCC(=O)OC1C(OCC(NC(=O)C(O)CCCCCCC/C=C/C=C/CCCCC)C(O)/C=C/CCCCCCCCCCCC)OC(CO)C(O)C1O. The molecule has 0 saturated carbocycles. The van der Waals surface area contributed by atoms with E-state index in [9.17, 15) is 35.1 Å². The molecule has 0 aromatic heterocycles. The van der Waals surface area contributed by atoms with Crippen LogP contribution in [0.5, 0.6) is 0 Å².